The van der Waals surface area contributed by atoms with Gasteiger partial charge in [-0.05, 0) is 47.5 Å². The van der Waals surface area contributed by atoms with Crippen LogP contribution >= 0.6 is 0 Å². The molecule has 1 spiro atoms. The number of nitrogens with zero attached hydrogens (tertiary/aromatic N) is 4. The molecule has 0 aromatic heterocycles. The first-order valence-corrected chi connectivity index (χ1v) is 12.4. The molecule has 6 heteroatoms. The van der Waals surface area contributed by atoms with E-state index in [1.165, 1.54) is 65.2 Å². The smallest absolute Gasteiger partial charge is 0.0645 e. The molecule has 4 rings (SSSR count). The summed E-state index contributed by atoms with van der Waals surface area (Å²) >= 11 is 0. The van der Waals surface area contributed by atoms with Crippen LogP contribution in [0.5, 0.6) is 0 Å². The molecule has 0 aromatic carbocycles. The minimum absolute atomic E-state index is 0.286. The molecule has 0 atom stereocenters. The van der Waals surface area contributed by atoms with Crippen molar-refractivity contribution in [1.82, 2.24) is 19.6 Å². The zero-order chi connectivity index (χ0) is 21.4. The Morgan fingerprint density at radius 2 is 1.47 bits per heavy atom. The van der Waals surface area contributed by atoms with Gasteiger partial charge in [0.25, 0.3) is 0 Å². The highest BCUT2D eigenvalue weighted by Gasteiger charge is 2.54. The summed E-state index contributed by atoms with van der Waals surface area (Å²) in [5.74, 6) is 0. The Balaban J connectivity index is 1.16. The molecule has 4 heterocycles. The summed E-state index contributed by atoms with van der Waals surface area (Å²) in [5, 5.41) is 0. The van der Waals surface area contributed by atoms with Gasteiger partial charge < -0.3 is 9.47 Å². The average molecular weight is 423 g/mol. The number of hydrogen-bond acceptors (Lipinski definition) is 6. The lowest BCUT2D eigenvalue weighted by atomic mass is 9.70. The Morgan fingerprint density at radius 3 is 2.00 bits per heavy atom. The van der Waals surface area contributed by atoms with Gasteiger partial charge in [-0.1, -0.05) is 0 Å². The van der Waals surface area contributed by atoms with Gasteiger partial charge in [0.15, 0.2) is 0 Å². The van der Waals surface area contributed by atoms with E-state index >= 15 is 0 Å². The lowest BCUT2D eigenvalue weighted by molar-refractivity contribution is -0.153. The summed E-state index contributed by atoms with van der Waals surface area (Å²) in [6.07, 6.45) is 2.55. The molecule has 30 heavy (non-hydrogen) atoms. The van der Waals surface area contributed by atoms with Crippen molar-refractivity contribution in [2.75, 3.05) is 85.3 Å². The molecule has 0 aromatic rings. The molecule has 4 aliphatic heterocycles. The summed E-state index contributed by atoms with van der Waals surface area (Å²) in [4.78, 5) is 10.7. The number of ether oxygens (including phenoxy) is 2. The Morgan fingerprint density at radius 1 is 0.867 bits per heavy atom. The molecule has 0 bridgehead atoms. The SMILES string of the molecule is CCOCCN1CC2(C1)CN(C(C)(C)CCC(C)(C)N1CCN(C3COC3)CC1)C2. The summed E-state index contributed by atoms with van der Waals surface area (Å²) in [6, 6.07) is 0.689. The minimum atomic E-state index is 0.286. The van der Waals surface area contributed by atoms with Crippen molar-refractivity contribution in [2.24, 2.45) is 5.41 Å². The first kappa shape index (κ1) is 22.9. The normalized spacial score (nSPS) is 27.1. The van der Waals surface area contributed by atoms with E-state index in [4.69, 9.17) is 9.47 Å². The van der Waals surface area contributed by atoms with E-state index in [-0.39, 0.29) is 5.54 Å². The fourth-order valence-corrected chi connectivity index (χ4v) is 5.84. The van der Waals surface area contributed by atoms with Gasteiger partial charge in [0.1, 0.15) is 0 Å². The second-order valence-electron chi connectivity index (χ2n) is 11.6. The highest BCUT2D eigenvalue weighted by molar-refractivity contribution is 5.09. The highest BCUT2D eigenvalue weighted by Crippen LogP contribution is 2.44. The molecule has 0 saturated carbocycles. The van der Waals surface area contributed by atoms with Gasteiger partial charge in [0.2, 0.25) is 0 Å². The van der Waals surface area contributed by atoms with Crippen LogP contribution in [0.25, 0.3) is 0 Å². The fraction of sp³-hybridized carbons (Fsp3) is 1.00. The Bertz CT molecular complexity index is 556. The highest BCUT2D eigenvalue weighted by atomic mass is 16.5. The topological polar surface area (TPSA) is 31.4 Å². The molecule has 0 amide bonds. The van der Waals surface area contributed by atoms with E-state index in [0.717, 1.165) is 33.0 Å². The molecular formula is C24H46N4O2. The van der Waals surface area contributed by atoms with E-state index in [2.05, 4.69) is 54.2 Å². The van der Waals surface area contributed by atoms with Crippen molar-refractivity contribution in [3.8, 4) is 0 Å². The predicted octanol–water partition coefficient (Wildman–Crippen LogP) is 1.99. The van der Waals surface area contributed by atoms with Crippen LogP contribution in [0, 0.1) is 5.41 Å². The molecule has 0 aliphatic carbocycles. The third-order valence-corrected chi connectivity index (χ3v) is 8.44. The second-order valence-corrected chi connectivity index (χ2v) is 11.6. The Labute approximate surface area is 184 Å². The van der Waals surface area contributed by atoms with Gasteiger partial charge >= 0.3 is 0 Å². The van der Waals surface area contributed by atoms with Gasteiger partial charge in [-0.15, -0.1) is 0 Å². The van der Waals surface area contributed by atoms with Gasteiger partial charge in [-0.3, -0.25) is 19.6 Å². The average Bonchev–Trinajstić information content (AvgIpc) is 2.59. The Hall–Kier alpha value is -0.240. The third kappa shape index (κ3) is 4.89. The van der Waals surface area contributed by atoms with Crippen LogP contribution in [-0.4, -0.2) is 122 Å². The third-order valence-electron chi connectivity index (χ3n) is 8.44. The summed E-state index contributed by atoms with van der Waals surface area (Å²) in [5.41, 5.74) is 1.18. The predicted molar refractivity (Wildman–Crippen MR) is 122 cm³/mol. The maximum Gasteiger partial charge on any atom is 0.0645 e. The van der Waals surface area contributed by atoms with Crippen molar-refractivity contribution >= 4 is 0 Å². The lowest BCUT2D eigenvalue weighted by Crippen LogP contribution is -2.75. The number of rotatable bonds is 10. The summed E-state index contributed by atoms with van der Waals surface area (Å²) in [6.45, 7) is 26.6. The van der Waals surface area contributed by atoms with E-state index in [1.54, 1.807) is 0 Å². The molecule has 174 valence electrons. The van der Waals surface area contributed by atoms with Gasteiger partial charge in [0.05, 0.1) is 25.9 Å². The van der Waals surface area contributed by atoms with Crippen LogP contribution in [0.15, 0.2) is 0 Å². The van der Waals surface area contributed by atoms with E-state index in [0.29, 0.717) is 17.0 Å². The summed E-state index contributed by atoms with van der Waals surface area (Å²) < 4.78 is 10.9. The Kier molecular flexibility index (Phi) is 6.84. The zero-order valence-electron chi connectivity index (χ0n) is 20.3. The largest absolute Gasteiger partial charge is 0.380 e. The molecule has 0 unspecified atom stereocenters. The van der Waals surface area contributed by atoms with Crippen LogP contribution in [-0.2, 0) is 9.47 Å². The van der Waals surface area contributed by atoms with E-state index in [9.17, 15) is 0 Å². The van der Waals surface area contributed by atoms with Gasteiger partial charge in [-0.2, -0.15) is 0 Å². The molecule has 0 N–H and O–H groups in total. The monoisotopic (exact) mass is 422 g/mol. The molecule has 4 fully saturated rings. The number of hydrogen-bond donors (Lipinski definition) is 0. The minimum Gasteiger partial charge on any atom is -0.380 e. The molecular weight excluding hydrogens is 376 g/mol. The molecule has 4 saturated heterocycles. The fourth-order valence-electron chi connectivity index (χ4n) is 5.84. The zero-order valence-corrected chi connectivity index (χ0v) is 20.3. The van der Waals surface area contributed by atoms with Crippen molar-refractivity contribution in [2.45, 2.75) is 64.6 Å². The van der Waals surface area contributed by atoms with E-state index < -0.39 is 0 Å². The number of likely N-dealkylation sites (tertiary alicyclic amines) is 2. The van der Waals surface area contributed by atoms with Crippen LogP contribution < -0.4 is 0 Å². The van der Waals surface area contributed by atoms with Crippen molar-refractivity contribution < 1.29 is 9.47 Å². The van der Waals surface area contributed by atoms with Crippen LogP contribution in [0.1, 0.15) is 47.5 Å². The van der Waals surface area contributed by atoms with Crippen molar-refractivity contribution in [3.05, 3.63) is 0 Å². The van der Waals surface area contributed by atoms with Crippen molar-refractivity contribution in [1.29, 1.82) is 0 Å². The second kappa shape index (κ2) is 8.95. The van der Waals surface area contributed by atoms with E-state index in [1.807, 2.05) is 0 Å². The van der Waals surface area contributed by atoms with Crippen molar-refractivity contribution in [3.63, 3.8) is 0 Å². The molecule has 0 radical (unpaired) electrons. The van der Waals surface area contributed by atoms with Gasteiger partial charge in [0, 0.05) is 82.0 Å². The first-order valence-electron chi connectivity index (χ1n) is 12.4. The molecule has 6 nitrogen and oxygen atoms in total. The lowest BCUT2D eigenvalue weighted by Gasteiger charge is -2.64. The number of piperazine rings is 1. The summed E-state index contributed by atoms with van der Waals surface area (Å²) in [7, 11) is 0. The first-order chi connectivity index (χ1) is 14.2. The van der Waals surface area contributed by atoms with Crippen LogP contribution in [0.2, 0.25) is 0 Å². The maximum atomic E-state index is 5.51. The standard InChI is InChI=1S/C24H46N4O2/c1-6-29-14-13-25-17-24(18-25)19-28(20-24)23(4,5)8-7-22(2,3)27-11-9-26(10-12-27)21-15-30-16-21/h21H,6-20H2,1-5H3. The van der Waals surface area contributed by atoms with Crippen LogP contribution in [0.4, 0.5) is 0 Å². The van der Waals surface area contributed by atoms with Gasteiger partial charge in [-0.25, -0.2) is 0 Å². The quantitative estimate of drug-likeness (QED) is 0.501. The van der Waals surface area contributed by atoms with Crippen LogP contribution in [0.3, 0.4) is 0 Å². The molecule has 4 aliphatic rings. The maximum absolute atomic E-state index is 5.51.